The summed E-state index contributed by atoms with van der Waals surface area (Å²) in [5.74, 6) is -0.118. The molecule has 0 aliphatic heterocycles. The molecule has 0 atom stereocenters. The lowest BCUT2D eigenvalue weighted by Gasteiger charge is -2.19. The predicted octanol–water partition coefficient (Wildman–Crippen LogP) is 2.17. The predicted molar refractivity (Wildman–Crippen MR) is 76.5 cm³/mol. The fourth-order valence-electron chi connectivity index (χ4n) is 1.56. The van der Waals surface area contributed by atoms with Crippen LogP contribution in [0.25, 0.3) is 0 Å². The molecule has 5 heteroatoms. The van der Waals surface area contributed by atoms with E-state index in [2.05, 4.69) is 5.32 Å². The minimum Gasteiger partial charge on any atom is -0.315 e. The molecule has 0 saturated carbocycles. The highest BCUT2D eigenvalue weighted by Gasteiger charge is 2.27. The van der Waals surface area contributed by atoms with E-state index in [1.165, 1.54) is 12.1 Å². The van der Waals surface area contributed by atoms with Crippen molar-refractivity contribution in [2.75, 3.05) is 18.8 Å². The first-order chi connectivity index (χ1) is 8.72. The van der Waals surface area contributed by atoms with Gasteiger partial charge in [-0.3, -0.25) is 0 Å². The van der Waals surface area contributed by atoms with E-state index in [9.17, 15) is 12.8 Å². The van der Waals surface area contributed by atoms with Crippen molar-refractivity contribution in [3.8, 4) is 0 Å². The van der Waals surface area contributed by atoms with Crippen LogP contribution in [-0.4, -0.2) is 32.0 Å². The summed E-state index contributed by atoms with van der Waals surface area (Å²) in [6, 6.07) is 6.44. The third-order valence-corrected chi connectivity index (χ3v) is 5.57. The Labute approximate surface area is 115 Å². The van der Waals surface area contributed by atoms with Gasteiger partial charge >= 0.3 is 0 Å². The number of hydrogen-bond donors (Lipinski definition) is 1. The number of sulfone groups is 1. The standard InChI is InChI=1S/C14H22FNO2S/c1-14(2,3)19(17,18)10-9-16-8-7-12-5-4-6-13(15)11-12/h4-6,11,16H,7-10H2,1-3H3. The van der Waals surface area contributed by atoms with Crippen molar-refractivity contribution in [2.24, 2.45) is 0 Å². The van der Waals surface area contributed by atoms with Crippen LogP contribution in [0.1, 0.15) is 26.3 Å². The van der Waals surface area contributed by atoms with Crippen molar-refractivity contribution in [1.82, 2.24) is 5.32 Å². The fraction of sp³-hybridized carbons (Fsp3) is 0.571. The SMILES string of the molecule is CC(C)(C)S(=O)(=O)CCNCCc1cccc(F)c1. The molecule has 0 spiro atoms. The van der Waals surface area contributed by atoms with Crippen molar-refractivity contribution in [1.29, 1.82) is 0 Å². The Morgan fingerprint density at radius 1 is 1.21 bits per heavy atom. The van der Waals surface area contributed by atoms with Crippen LogP contribution in [0, 0.1) is 5.82 Å². The molecular formula is C14H22FNO2S. The Bertz CT molecular complexity index is 506. The van der Waals surface area contributed by atoms with Gasteiger partial charge in [0.2, 0.25) is 0 Å². The van der Waals surface area contributed by atoms with Gasteiger partial charge in [-0.15, -0.1) is 0 Å². The van der Waals surface area contributed by atoms with E-state index in [1.54, 1.807) is 26.8 Å². The summed E-state index contributed by atoms with van der Waals surface area (Å²) in [6.07, 6.45) is 0.688. The summed E-state index contributed by atoms with van der Waals surface area (Å²) in [5, 5.41) is 3.08. The van der Waals surface area contributed by atoms with Crippen molar-refractivity contribution in [3.05, 3.63) is 35.6 Å². The van der Waals surface area contributed by atoms with Crippen LogP contribution in [0.15, 0.2) is 24.3 Å². The molecule has 1 rings (SSSR count). The molecule has 0 aliphatic carbocycles. The second kappa shape index (κ2) is 6.48. The van der Waals surface area contributed by atoms with Gasteiger partial charge in [-0.2, -0.15) is 0 Å². The van der Waals surface area contributed by atoms with E-state index in [1.807, 2.05) is 6.07 Å². The first kappa shape index (κ1) is 16.1. The monoisotopic (exact) mass is 287 g/mol. The number of benzene rings is 1. The molecule has 0 aliphatic rings. The van der Waals surface area contributed by atoms with Gasteiger partial charge in [-0.1, -0.05) is 12.1 Å². The average Bonchev–Trinajstić information content (AvgIpc) is 2.27. The van der Waals surface area contributed by atoms with E-state index in [0.717, 1.165) is 5.56 Å². The van der Waals surface area contributed by atoms with Gasteiger partial charge in [0.25, 0.3) is 0 Å². The minimum atomic E-state index is -3.07. The first-order valence-corrected chi connectivity index (χ1v) is 8.05. The number of halogens is 1. The highest BCUT2D eigenvalue weighted by atomic mass is 32.2. The minimum absolute atomic E-state index is 0.125. The number of rotatable bonds is 6. The zero-order valence-electron chi connectivity index (χ0n) is 11.7. The van der Waals surface area contributed by atoms with Gasteiger partial charge in [-0.05, 0) is 51.4 Å². The van der Waals surface area contributed by atoms with Crippen LogP contribution in [0.2, 0.25) is 0 Å². The van der Waals surface area contributed by atoms with E-state index in [-0.39, 0.29) is 11.6 Å². The fourth-order valence-corrected chi connectivity index (χ4v) is 2.59. The molecule has 0 bridgehead atoms. The Kier molecular flexibility index (Phi) is 5.50. The maximum Gasteiger partial charge on any atom is 0.156 e. The quantitative estimate of drug-likeness (QED) is 0.816. The Morgan fingerprint density at radius 2 is 1.89 bits per heavy atom. The molecule has 0 heterocycles. The molecule has 0 unspecified atom stereocenters. The molecule has 1 N–H and O–H groups in total. The maximum absolute atomic E-state index is 12.9. The molecule has 0 aromatic heterocycles. The zero-order valence-corrected chi connectivity index (χ0v) is 12.6. The normalized spacial score (nSPS) is 12.6. The molecule has 0 saturated heterocycles. The molecule has 19 heavy (non-hydrogen) atoms. The number of hydrogen-bond acceptors (Lipinski definition) is 3. The van der Waals surface area contributed by atoms with Gasteiger partial charge in [-0.25, -0.2) is 12.8 Å². The van der Waals surface area contributed by atoms with Crippen LogP contribution in [-0.2, 0) is 16.3 Å². The Hall–Kier alpha value is -0.940. The summed E-state index contributed by atoms with van der Waals surface area (Å²) in [6.45, 7) is 6.18. The molecule has 1 aromatic rings. The molecule has 108 valence electrons. The maximum atomic E-state index is 12.9. The lowest BCUT2D eigenvalue weighted by Crippen LogP contribution is -2.35. The van der Waals surface area contributed by atoms with Crippen LogP contribution >= 0.6 is 0 Å². The molecular weight excluding hydrogens is 265 g/mol. The topological polar surface area (TPSA) is 46.2 Å². The summed E-state index contributed by atoms with van der Waals surface area (Å²) >= 11 is 0. The van der Waals surface area contributed by atoms with Crippen LogP contribution in [0.3, 0.4) is 0 Å². The zero-order chi connectivity index (χ0) is 14.5. The van der Waals surface area contributed by atoms with E-state index in [4.69, 9.17) is 0 Å². The van der Waals surface area contributed by atoms with Gasteiger partial charge < -0.3 is 5.32 Å². The van der Waals surface area contributed by atoms with Crippen molar-refractivity contribution < 1.29 is 12.8 Å². The molecule has 1 aromatic carbocycles. The average molecular weight is 287 g/mol. The van der Waals surface area contributed by atoms with Crippen LogP contribution in [0.5, 0.6) is 0 Å². The van der Waals surface area contributed by atoms with Gasteiger partial charge in [0.1, 0.15) is 5.82 Å². The second-order valence-electron chi connectivity index (χ2n) is 5.56. The molecule has 3 nitrogen and oxygen atoms in total. The Balaban J connectivity index is 2.29. The van der Waals surface area contributed by atoms with E-state index < -0.39 is 14.6 Å². The third-order valence-electron chi connectivity index (χ3n) is 2.96. The van der Waals surface area contributed by atoms with Crippen molar-refractivity contribution in [3.63, 3.8) is 0 Å². The van der Waals surface area contributed by atoms with Crippen LogP contribution in [0.4, 0.5) is 4.39 Å². The lowest BCUT2D eigenvalue weighted by molar-refractivity contribution is 0.556. The molecule has 0 amide bonds. The van der Waals surface area contributed by atoms with Crippen molar-refractivity contribution >= 4 is 9.84 Å². The third kappa shape index (κ3) is 5.28. The second-order valence-corrected chi connectivity index (χ2v) is 8.42. The lowest BCUT2D eigenvalue weighted by atomic mass is 10.1. The van der Waals surface area contributed by atoms with E-state index >= 15 is 0 Å². The highest BCUT2D eigenvalue weighted by molar-refractivity contribution is 7.92. The van der Waals surface area contributed by atoms with Gasteiger partial charge in [0.05, 0.1) is 10.5 Å². The smallest absolute Gasteiger partial charge is 0.156 e. The summed E-state index contributed by atoms with van der Waals surface area (Å²) in [4.78, 5) is 0. The van der Waals surface area contributed by atoms with Crippen molar-refractivity contribution in [2.45, 2.75) is 31.9 Å². The molecule has 0 fully saturated rings. The summed E-state index contributed by atoms with van der Waals surface area (Å²) in [5.41, 5.74) is 0.908. The highest BCUT2D eigenvalue weighted by Crippen LogP contribution is 2.15. The van der Waals surface area contributed by atoms with Gasteiger partial charge in [0.15, 0.2) is 9.84 Å². The molecule has 0 radical (unpaired) electrons. The number of nitrogens with one attached hydrogen (secondary N) is 1. The summed E-state index contributed by atoms with van der Waals surface area (Å²) in [7, 11) is -3.07. The Morgan fingerprint density at radius 3 is 2.47 bits per heavy atom. The van der Waals surface area contributed by atoms with Crippen LogP contribution < -0.4 is 5.32 Å². The van der Waals surface area contributed by atoms with E-state index in [0.29, 0.717) is 19.5 Å². The summed E-state index contributed by atoms with van der Waals surface area (Å²) < 4.78 is 35.9. The largest absolute Gasteiger partial charge is 0.315 e. The first-order valence-electron chi connectivity index (χ1n) is 6.40. The van der Waals surface area contributed by atoms with Gasteiger partial charge in [0, 0.05) is 6.54 Å².